The second-order valence-corrected chi connectivity index (χ2v) is 5.18. The van der Waals surface area contributed by atoms with Crippen molar-refractivity contribution in [2.24, 2.45) is 0 Å². The first-order valence-electron chi connectivity index (χ1n) is 7.82. The van der Waals surface area contributed by atoms with Crippen molar-refractivity contribution >= 4 is 17.6 Å². The second-order valence-electron chi connectivity index (χ2n) is 5.18. The predicted molar refractivity (Wildman–Crippen MR) is 90.8 cm³/mol. The van der Waals surface area contributed by atoms with Crippen molar-refractivity contribution in [1.29, 1.82) is 0 Å². The van der Waals surface area contributed by atoms with Gasteiger partial charge in [0.25, 0.3) is 5.91 Å². The number of rotatable bonds is 6. The van der Waals surface area contributed by atoms with Gasteiger partial charge in [0.05, 0.1) is 12.2 Å². The Balaban J connectivity index is 2.07. The number of carbonyl (C=O) groups excluding carboxylic acids is 2. The Hall–Kier alpha value is -2.62. The van der Waals surface area contributed by atoms with Gasteiger partial charge in [0.15, 0.2) is 0 Å². The Labute approximate surface area is 136 Å². The molecule has 120 valence electrons. The lowest BCUT2D eigenvalue weighted by molar-refractivity contribution is 0.0505. The van der Waals surface area contributed by atoms with Gasteiger partial charge in [-0.05, 0) is 48.7 Å². The molecule has 0 unspecified atom stereocenters. The van der Waals surface area contributed by atoms with Crippen LogP contribution in [0.15, 0.2) is 48.5 Å². The van der Waals surface area contributed by atoms with Gasteiger partial charge in [-0.15, -0.1) is 0 Å². The van der Waals surface area contributed by atoms with Gasteiger partial charge in [-0.1, -0.05) is 32.0 Å². The van der Waals surface area contributed by atoms with Gasteiger partial charge in [-0.2, -0.15) is 0 Å². The largest absolute Gasteiger partial charge is 0.462 e. The SMILES string of the molecule is CCCOC(=O)c1ccc(C(=O)Nc2ccccc2CC)cc1. The minimum atomic E-state index is -0.366. The fourth-order valence-corrected chi connectivity index (χ4v) is 2.18. The summed E-state index contributed by atoms with van der Waals surface area (Å²) in [7, 11) is 0. The van der Waals surface area contributed by atoms with Crippen molar-refractivity contribution < 1.29 is 14.3 Å². The summed E-state index contributed by atoms with van der Waals surface area (Å²) < 4.78 is 5.06. The van der Waals surface area contributed by atoms with Crippen LogP contribution in [0.2, 0.25) is 0 Å². The standard InChI is InChI=1S/C19H21NO3/c1-3-13-23-19(22)16-11-9-15(10-12-16)18(21)20-17-8-6-5-7-14(17)4-2/h5-12H,3-4,13H2,1-2H3,(H,20,21). The van der Waals surface area contributed by atoms with Crippen LogP contribution < -0.4 is 5.32 Å². The molecule has 1 amide bonds. The molecule has 1 N–H and O–H groups in total. The molecule has 0 aliphatic carbocycles. The molecule has 2 rings (SSSR count). The Morgan fingerprint density at radius 3 is 2.26 bits per heavy atom. The maximum Gasteiger partial charge on any atom is 0.338 e. The number of anilines is 1. The van der Waals surface area contributed by atoms with E-state index in [0.29, 0.717) is 17.7 Å². The van der Waals surface area contributed by atoms with E-state index in [1.165, 1.54) is 0 Å². The summed E-state index contributed by atoms with van der Waals surface area (Å²) in [5.41, 5.74) is 2.85. The molecule has 0 fully saturated rings. The number of para-hydroxylation sites is 1. The van der Waals surface area contributed by atoms with Gasteiger partial charge >= 0.3 is 5.97 Å². The number of ether oxygens (including phenoxy) is 1. The third-order valence-electron chi connectivity index (χ3n) is 3.47. The third kappa shape index (κ3) is 4.42. The van der Waals surface area contributed by atoms with Crippen LogP contribution in [-0.4, -0.2) is 18.5 Å². The van der Waals surface area contributed by atoms with Crippen LogP contribution in [0.4, 0.5) is 5.69 Å². The molecule has 0 saturated heterocycles. The second kappa shape index (κ2) is 8.13. The molecule has 4 nitrogen and oxygen atoms in total. The Morgan fingerprint density at radius 2 is 1.61 bits per heavy atom. The number of carbonyl (C=O) groups is 2. The summed E-state index contributed by atoms with van der Waals surface area (Å²) in [6.45, 7) is 4.38. The smallest absolute Gasteiger partial charge is 0.338 e. The molecule has 0 aliphatic heterocycles. The zero-order valence-corrected chi connectivity index (χ0v) is 13.5. The molecule has 4 heteroatoms. The summed E-state index contributed by atoms with van der Waals surface area (Å²) in [5, 5.41) is 2.91. The van der Waals surface area contributed by atoms with Crippen LogP contribution in [-0.2, 0) is 11.2 Å². The number of benzene rings is 2. The average molecular weight is 311 g/mol. The zero-order chi connectivity index (χ0) is 16.7. The van der Waals surface area contributed by atoms with E-state index in [0.717, 1.165) is 24.1 Å². The molecule has 0 heterocycles. The molecule has 2 aromatic rings. The van der Waals surface area contributed by atoms with Crippen LogP contribution >= 0.6 is 0 Å². The van der Waals surface area contributed by atoms with Crippen molar-refractivity contribution in [3.8, 4) is 0 Å². The summed E-state index contributed by atoms with van der Waals surface area (Å²) >= 11 is 0. The van der Waals surface area contributed by atoms with Crippen LogP contribution in [0.1, 0.15) is 46.5 Å². The van der Waals surface area contributed by atoms with Crippen molar-refractivity contribution in [1.82, 2.24) is 0 Å². The van der Waals surface area contributed by atoms with Gasteiger partial charge in [-0.25, -0.2) is 4.79 Å². The molecule has 23 heavy (non-hydrogen) atoms. The van der Waals surface area contributed by atoms with Crippen molar-refractivity contribution in [2.75, 3.05) is 11.9 Å². The molecule has 2 aromatic carbocycles. The number of amides is 1. The van der Waals surface area contributed by atoms with Crippen LogP contribution in [0, 0.1) is 0 Å². The first-order valence-corrected chi connectivity index (χ1v) is 7.82. The Morgan fingerprint density at radius 1 is 0.957 bits per heavy atom. The number of nitrogens with one attached hydrogen (secondary N) is 1. The predicted octanol–water partition coefficient (Wildman–Crippen LogP) is 4.07. The Bertz CT molecular complexity index is 677. The van der Waals surface area contributed by atoms with E-state index in [1.807, 2.05) is 38.1 Å². The van der Waals surface area contributed by atoms with E-state index in [4.69, 9.17) is 4.74 Å². The molecule has 0 bridgehead atoms. The number of esters is 1. The highest BCUT2D eigenvalue weighted by molar-refractivity contribution is 6.05. The molecule has 0 aliphatic rings. The van der Waals surface area contributed by atoms with Crippen LogP contribution in [0.5, 0.6) is 0 Å². The number of hydrogen-bond acceptors (Lipinski definition) is 3. The topological polar surface area (TPSA) is 55.4 Å². The molecule has 0 atom stereocenters. The molecule has 0 spiro atoms. The molecule has 0 saturated carbocycles. The summed E-state index contributed by atoms with van der Waals surface area (Å²) in [5.74, 6) is -0.561. The van der Waals surface area contributed by atoms with E-state index in [2.05, 4.69) is 5.32 Å². The maximum atomic E-state index is 12.3. The molecular formula is C19H21NO3. The lowest BCUT2D eigenvalue weighted by atomic mass is 10.1. The highest BCUT2D eigenvalue weighted by atomic mass is 16.5. The fourth-order valence-electron chi connectivity index (χ4n) is 2.18. The van der Waals surface area contributed by atoms with Gasteiger partial charge in [0, 0.05) is 11.3 Å². The maximum absolute atomic E-state index is 12.3. The molecular weight excluding hydrogens is 290 g/mol. The van der Waals surface area contributed by atoms with Crippen molar-refractivity contribution in [3.05, 3.63) is 65.2 Å². The van der Waals surface area contributed by atoms with Crippen molar-refractivity contribution in [2.45, 2.75) is 26.7 Å². The van der Waals surface area contributed by atoms with Gasteiger partial charge in [0.1, 0.15) is 0 Å². The lowest BCUT2D eigenvalue weighted by Crippen LogP contribution is -2.13. The summed E-state index contributed by atoms with van der Waals surface area (Å²) in [6, 6.07) is 14.2. The lowest BCUT2D eigenvalue weighted by Gasteiger charge is -2.10. The molecule has 0 radical (unpaired) electrons. The van der Waals surface area contributed by atoms with Gasteiger partial charge < -0.3 is 10.1 Å². The number of hydrogen-bond donors (Lipinski definition) is 1. The van der Waals surface area contributed by atoms with E-state index in [1.54, 1.807) is 24.3 Å². The fraction of sp³-hybridized carbons (Fsp3) is 0.263. The quantitative estimate of drug-likeness (QED) is 0.818. The first kappa shape index (κ1) is 16.7. The first-order chi connectivity index (χ1) is 11.2. The van der Waals surface area contributed by atoms with Gasteiger partial charge in [0.2, 0.25) is 0 Å². The van der Waals surface area contributed by atoms with E-state index < -0.39 is 0 Å². The van der Waals surface area contributed by atoms with Gasteiger partial charge in [-0.3, -0.25) is 4.79 Å². The molecule has 0 aromatic heterocycles. The summed E-state index contributed by atoms with van der Waals surface area (Å²) in [6.07, 6.45) is 1.63. The minimum absolute atomic E-state index is 0.195. The minimum Gasteiger partial charge on any atom is -0.462 e. The monoisotopic (exact) mass is 311 g/mol. The average Bonchev–Trinajstić information content (AvgIpc) is 2.60. The van der Waals surface area contributed by atoms with E-state index >= 15 is 0 Å². The van der Waals surface area contributed by atoms with Crippen molar-refractivity contribution in [3.63, 3.8) is 0 Å². The van der Waals surface area contributed by atoms with Crippen LogP contribution in [0.3, 0.4) is 0 Å². The normalized spacial score (nSPS) is 10.2. The van der Waals surface area contributed by atoms with E-state index in [9.17, 15) is 9.59 Å². The highest BCUT2D eigenvalue weighted by Gasteiger charge is 2.11. The highest BCUT2D eigenvalue weighted by Crippen LogP contribution is 2.17. The number of aryl methyl sites for hydroxylation is 1. The third-order valence-corrected chi connectivity index (χ3v) is 3.47. The van der Waals surface area contributed by atoms with Crippen LogP contribution in [0.25, 0.3) is 0 Å². The zero-order valence-electron chi connectivity index (χ0n) is 13.5. The summed E-state index contributed by atoms with van der Waals surface area (Å²) in [4.78, 5) is 24.0. The van der Waals surface area contributed by atoms with E-state index in [-0.39, 0.29) is 11.9 Å². The Kier molecular flexibility index (Phi) is 5.92.